The molecule has 2 unspecified atom stereocenters. The Hall–Kier alpha value is -1.17. The van der Waals surface area contributed by atoms with Gasteiger partial charge < -0.3 is 19.5 Å². The van der Waals surface area contributed by atoms with Gasteiger partial charge in [-0.05, 0) is 6.92 Å². The number of carbonyl (C=O) groups is 2. The highest BCUT2D eigenvalue weighted by Gasteiger charge is 2.30. The lowest BCUT2D eigenvalue weighted by molar-refractivity contribution is -0.144. The van der Waals surface area contributed by atoms with Crippen LogP contribution >= 0.6 is 7.37 Å². The summed E-state index contributed by atoms with van der Waals surface area (Å²) in [6, 6.07) is 0. The summed E-state index contributed by atoms with van der Waals surface area (Å²) in [4.78, 5) is 21.8. The number of carboxylic acid groups (broad SMARTS) is 1. The molecule has 0 aromatic rings. The normalized spacial score (nSPS) is 16.6. The number of hydrogen-bond donors (Lipinski definition) is 2. The number of hydrogen-bond acceptors (Lipinski definition) is 6. The van der Waals surface area contributed by atoms with E-state index in [1.54, 1.807) is 6.92 Å². The van der Waals surface area contributed by atoms with Crippen LogP contribution in [0.1, 0.15) is 20.3 Å². The highest BCUT2D eigenvalue weighted by atomic mass is 31.2. The number of aliphatic carboxylic acids is 1. The van der Waals surface area contributed by atoms with Gasteiger partial charge in [-0.3, -0.25) is 9.36 Å². The molecule has 21 heavy (non-hydrogen) atoms. The molecule has 0 saturated carbocycles. The van der Waals surface area contributed by atoms with Crippen molar-refractivity contribution in [2.24, 2.45) is 5.41 Å². The minimum absolute atomic E-state index is 0.0879. The zero-order valence-electron chi connectivity index (χ0n) is 12.6. The van der Waals surface area contributed by atoms with Crippen molar-refractivity contribution in [3.63, 3.8) is 0 Å². The van der Waals surface area contributed by atoms with Crippen LogP contribution < -0.4 is 0 Å². The molecule has 7 nitrogen and oxygen atoms in total. The lowest BCUT2D eigenvalue weighted by Gasteiger charge is -2.28. The third kappa shape index (κ3) is 8.65. The summed E-state index contributed by atoms with van der Waals surface area (Å²) >= 11 is 0. The quantitative estimate of drug-likeness (QED) is 0.356. The van der Waals surface area contributed by atoms with Gasteiger partial charge in [0.1, 0.15) is 6.61 Å². The molecule has 0 rings (SSSR count). The van der Waals surface area contributed by atoms with Gasteiger partial charge in [-0.25, -0.2) is 4.79 Å². The molecule has 2 N–H and O–H groups in total. The van der Waals surface area contributed by atoms with Crippen LogP contribution in [0.15, 0.2) is 12.2 Å². The number of esters is 1. The Morgan fingerprint density at radius 1 is 1.33 bits per heavy atom. The highest BCUT2D eigenvalue weighted by molar-refractivity contribution is 7.58. The maximum atomic E-state index is 12.0. The fraction of sp³-hybridized carbons (Fsp3) is 0.692. The molecule has 0 saturated heterocycles. The van der Waals surface area contributed by atoms with Gasteiger partial charge in [0, 0.05) is 23.8 Å². The first-order valence-electron chi connectivity index (χ1n) is 6.38. The number of carboxylic acids is 1. The zero-order chi connectivity index (χ0) is 16.7. The van der Waals surface area contributed by atoms with Crippen LogP contribution in [0.4, 0.5) is 0 Å². The second-order valence-corrected chi connectivity index (χ2v) is 8.21. The molecular formula is C13H23O7P. The molecule has 0 bridgehead atoms. The van der Waals surface area contributed by atoms with E-state index in [0.717, 1.165) is 0 Å². The Morgan fingerprint density at radius 3 is 2.33 bits per heavy atom. The van der Waals surface area contributed by atoms with E-state index in [9.17, 15) is 19.3 Å². The molecule has 2 atom stereocenters. The third-order valence-electron chi connectivity index (χ3n) is 2.70. The standard InChI is InChI=1S/C13H23O7P/c1-10(2)12(17)19-8-13(3,7-14)9-20-21(4,18)6-5-11(15)16/h14H,1,5-9H2,2-4H3,(H,15,16). The summed E-state index contributed by atoms with van der Waals surface area (Å²) in [6.45, 7) is 7.32. The number of rotatable bonds is 10. The molecule has 0 aromatic carbocycles. The first kappa shape index (κ1) is 19.8. The van der Waals surface area contributed by atoms with E-state index in [2.05, 4.69) is 6.58 Å². The molecule has 0 spiro atoms. The predicted octanol–water partition coefficient (Wildman–Crippen LogP) is 1.50. The van der Waals surface area contributed by atoms with Gasteiger partial charge in [0.2, 0.25) is 7.37 Å². The Balaban J connectivity index is 4.47. The average molecular weight is 322 g/mol. The molecule has 0 aliphatic heterocycles. The summed E-state index contributed by atoms with van der Waals surface area (Å²) in [6.07, 6.45) is -0.344. The first-order chi connectivity index (χ1) is 9.51. The summed E-state index contributed by atoms with van der Waals surface area (Å²) < 4.78 is 22.2. The number of aliphatic hydroxyl groups is 1. The largest absolute Gasteiger partial charge is 0.481 e. The van der Waals surface area contributed by atoms with E-state index in [0.29, 0.717) is 0 Å². The number of aliphatic hydroxyl groups excluding tert-OH is 1. The molecule has 8 heteroatoms. The van der Waals surface area contributed by atoms with Crippen molar-refractivity contribution in [2.45, 2.75) is 20.3 Å². The molecule has 122 valence electrons. The second-order valence-electron chi connectivity index (χ2n) is 5.48. The lowest BCUT2D eigenvalue weighted by Crippen LogP contribution is -2.34. The van der Waals surface area contributed by atoms with Gasteiger partial charge in [0.05, 0.1) is 19.6 Å². The van der Waals surface area contributed by atoms with Crippen molar-refractivity contribution in [2.75, 3.05) is 32.6 Å². The van der Waals surface area contributed by atoms with Crippen LogP contribution in [0.25, 0.3) is 0 Å². The molecule has 0 aliphatic carbocycles. The minimum atomic E-state index is -3.07. The fourth-order valence-corrected chi connectivity index (χ4v) is 2.46. The monoisotopic (exact) mass is 322 g/mol. The van der Waals surface area contributed by atoms with Crippen LogP contribution in [0.2, 0.25) is 0 Å². The zero-order valence-corrected chi connectivity index (χ0v) is 13.5. The molecule has 0 fully saturated rings. The summed E-state index contributed by atoms with van der Waals surface area (Å²) in [5.74, 6) is -1.64. The van der Waals surface area contributed by atoms with E-state index in [4.69, 9.17) is 14.4 Å². The third-order valence-corrected chi connectivity index (χ3v) is 4.41. The van der Waals surface area contributed by atoms with E-state index < -0.39 is 24.7 Å². The van der Waals surface area contributed by atoms with Crippen molar-refractivity contribution >= 4 is 19.3 Å². The summed E-state index contributed by atoms with van der Waals surface area (Å²) in [5, 5.41) is 17.9. The Morgan fingerprint density at radius 2 is 1.90 bits per heavy atom. The Kier molecular flexibility index (Phi) is 7.85. The summed E-state index contributed by atoms with van der Waals surface area (Å²) in [5.41, 5.74) is -0.682. The van der Waals surface area contributed by atoms with Crippen molar-refractivity contribution in [1.29, 1.82) is 0 Å². The van der Waals surface area contributed by atoms with Crippen molar-refractivity contribution in [1.82, 2.24) is 0 Å². The highest BCUT2D eigenvalue weighted by Crippen LogP contribution is 2.44. The maximum absolute atomic E-state index is 12.0. The van der Waals surface area contributed by atoms with Crippen LogP contribution in [0.5, 0.6) is 0 Å². The second kappa shape index (κ2) is 8.32. The van der Waals surface area contributed by atoms with Gasteiger partial charge >= 0.3 is 11.9 Å². The SMILES string of the molecule is C=C(C)C(=O)OCC(C)(CO)COP(C)(=O)CCC(=O)O. The van der Waals surface area contributed by atoms with Gasteiger partial charge in [-0.15, -0.1) is 0 Å². The lowest BCUT2D eigenvalue weighted by atomic mass is 9.94. The van der Waals surface area contributed by atoms with Crippen LogP contribution in [0.3, 0.4) is 0 Å². The van der Waals surface area contributed by atoms with Gasteiger partial charge in [-0.1, -0.05) is 13.5 Å². The molecular weight excluding hydrogens is 299 g/mol. The number of carbonyl (C=O) groups excluding carboxylic acids is 1. The van der Waals surface area contributed by atoms with Crippen molar-refractivity contribution in [3.05, 3.63) is 12.2 Å². The molecule has 0 radical (unpaired) electrons. The van der Waals surface area contributed by atoms with Gasteiger partial charge in [-0.2, -0.15) is 0 Å². The van der Waals surface area contributed by atoms with Crippen molar-refractivity contribution in [3.8, 4) is 0 Å². The van der Waals surface area contributed by atoms with Crippen LogP contribution in [-0.4, -0.2) is 54.8 Å². The Bertz CT molecular complexity index is 446. The van der Waals surface area contributed by atoms with Gasteiger partial charge in [0.25, 0.3) is 0 Å². The number of ether oxygens (including phenoxy) is 1. The maximum Gasteiger partial charge on any atom is 0.333 e. The first-order valence-corrected chi connectivity index (χ1v) is 8.63. The topological polar surface area (TPSA) is 110 Å². The smallest absolute Gasteiger partial charge is 0.333 e. The minimum Gasteiger partial charge on any atom is -0.481 e. The van der Waals surface area contributed by atoms with E-state index in [-0.39, 0.29) is 38.0 Å². The van der Waals surface area contributed by atoms with Crippen LogP contribution in [-0.2, 0) is 23.4 Å². The molecule has 0 heterocycles. The molecule has 0 aromatic heterocycles. The van der Waals surface area contributed by atoms with Crippen molar-refractivity contribution < 1.29 is 33.6 Å². The van der Waals surface area contributed by atoms with Crippen LogP contribution in [0, 0.1) is 5.41 Å². The summed E-state index contributed by atoms with van der Waals surface area (Å²) in [7, 11) is -3.07. The van der Waals surface area contributed by atoms with Gasteiger partial charge in [0.15, 0.2) is 0 Å². The van der Waals surface area contributed by atoms with E-state index in [1.165, 1.54) is 13.6 Å². The predicted molar refractivity (Wildman–Crippen MR) is 77.6 cm³/mol. The molecule has 0 aliphatic rings. The average Bonchev–Trinajstić information content (AvgIpc) is 2.40. The Labute approximate surface area is 124 Å². The van der Waals surface area contributed by atoms with E-state index >= 15 is 0 Å². The molecule has 0 amide bonds. The van der Waals surface area contributed by atoms with E-state index in [1.807, 2.05) is 0 Å². The fourth-order valence-electron chi connectivity index (χ4n) is 1.15.